The Hall–Kier alpha value is -5.36. The van der Waals surface area contributed by atoms with Crippen LogP contribution in [0.2, 0.25) is 0 Å². The average Bonchev–Trinajstić information content (AvgIpc) is 3.88. The standard InChI is InChI=1S/C43H56N6O6.C6H8F3NO/c1-9-48-37-13-12-28-21-32(37)33(39(48)34-23-44-15-14-29(34)24-54-8)22-43(4,5)25-55-42(53)35-11-10-16-49(46-35)41(52)36(19-27-17-30(28)20-31(50)18-27)45-40(51)38(26(2)3)47(6)7;7-6(8,9)5-2-10-1-4(5)3-11/h12-15,17-18,20-21,23,26,35-36,38,46,50H,9-11,16,19,22,24-25H2,1-8H3,(H,45,51);3-5,10H,1-2H2/t35-,36?,38?;/m0./s1. The number of hydrazine groups is 1. The van der Waals surface area contributed by atoms with Crippen LogP contribution < -0.4 is 16.1 Å². The number of ether oxygens (including phenoxy) is 2. The topological polar surface area (TPSA) is 167 Å². The van der Waals surface area contributed by atoms with Crippen molar-refractivity contribution in [1.82, 2.24) is 35.5 Å². The summed E-state index contributed by atoms with van der Waals surface area (Å²) < 4.78 is 50.0. The van der Waals surface area contributed by atoms with Crippen LogP contribution in [0.25, 0.3) is 33.3 Å². The van der Waals surface area contributed by atoms with Gasteiger partial charge in [-0.2, -0.15) is 13.2 Å². The second-order valence-corrected chi connectivity index (χ2v) is 18.9. The van der Waals surface area contributed by atoms with Crippen molar-refractivity contribution in [3.63, 3.8) is 0 Å². The first-order chi connectivity index (χ1) is 31.3. The van der Waals surface area contributed by atoms with Crippen molar-refractivity contribution in [2.45, 2.75) is 97.8 Å². The van der Waals surface area contributed by atoms with Gasteiger partial charge in [0, 0.05) is 79.9 Å². The number of esters is 1. The molecule has 4 N–H and O–H groups in total. The summed E-state index contributed by atoms with van der Waals surface area (Å²) in [6, 6.07) is 11.5. The lowest BCUT2D eigenvalue weighted by atomic mass is 9.84. The van der Waals surface area contributed by atoms with Gasteiger partial charge in [0.05, 0.1) is 30.9 Å². The average molecular weight is 920 g/mol. The first-order valence-electron chi connectivity index (χ1n) is 22.6. The largest absolute Gasteiger partial charge is 0.508 e. The fraction of sp³-hybridized carbons (Fsp3) is 0.531. The molecule has 4 unspecified atom stereocenters. The maximum atomic E-state index is 14.3. The number of carbonyl (C=O) groups is 4. The number of carbonyl (C=O) groups excluding carboxylic acids is 4. The third-order valence-corrected chi connectivity index (χ3v) is 12.6. The number of halogens is 3. The van der Waals surface area contributed by atoms with Gasteiger partial charge in [0.2, 0.25) is 5.91 Å². The number of likely N-dealkylation sites (N-methyl/N-ethyl adjacent to an activating group) is 1. The molecule has 3 aliphatic heterocycles. The number of phenols is 1. The molecule has 0 radical (unpaired) electrons. The molecule has 0 aliphatic carbocycles. The van der Waals surface area contributed by atoms with E-state index in [1.54, 1.807) is 25.4 Å². The van der Waals surface area contributed by atoms with Crippen LogP contribution in [0.3, 0.4) is 0 Å². The van der Waals surface area contributed by atoms with E-state index >= 15 is 0 Å². The number of aldehydes is 1. The molecular weight excluding hydrogens is 856 g/mol. The van der Waals surface area contributed by atoms with Gasteiger partial charge < -0.3 is 34.6 Å². The minimum absolute atomic E-state index is 0.0131. The quantitative estimate of drug-likeness (QED) is 0.114. The summed E-state index contributed by atoms with van der Waals surface area (Å²) in [6.07, 6.45) is 1.61. The van der Waals surface area contributed by atoms with Crippen LogP contribution in [0.5, 0.6) is 5.75 Å². The van der Waals surface area contributed by atoms with Crippen molar-refractivity contribution < 1.29 is 46.9 Å². The Bertz CT molecular complexity index is 2370. The van der Waals surface area contributed by atoms with E-state index in [4.69, 9.17) is 9.47 Å². The van der Waals surface area contributed by atoms with Gasteiger partial charge in [0.25, 0.3) is 5.91 Å². The molecule has 0 spiro atoms. The molecule has 2 aromatic carbocycles. The molecular formula is C49H64F3N7O7. The molecule has 7 rings (SSSR count). The third-order valence-electron chi connectivity index (χ3n) is 12.6. The molecule has 66 heavy (non-hydrogen) atoms. The summed E-state index contributed by atoms with van der Waals surface area (Å²) in [5.41, 5.74) is 10.2. The van der Waals surface area contributed by atoms with Crippen LogP contribution in [0.1, 0.15) is 64.2 Å². The minimum atomic E-state index is -4.24. The van der Waals surface area contributed by atoms with Gasteiger partial charge in [0.1, 0.15) is 24.1 Å². The Morgan fingerprint density at radius 2 is 1.88 bits per heavy atom. The fourth-order valence-corrected chi connectivity index (χ4v) is 9.52. The van der Waals surface area contributed by atoms with E-state index in [1.165, 1.54) is 5.01 Å². The lowest BCUT2D eigenvalue weighted by molar-refractivity contribution is -0.179. The van der Waals surface area contributed by atoms with Crippen molar-refractivity contribution >= 4 is 35.0 Å². The monoisotopic (exact) mass is 919 g/mol. The van der Waals surface area contributed by atoms with Crippen LogP contribution in [0.15, 0.2) is 54.9 Å². The summed E-state index contributed by atoms with van der Waals surface area (Å²) in [5.74, 6) is -3.39. The maximum Gasteiger partial charge on any atom is 0.393 e. The number of pyridine rings is 1. The van der Waals surface area contributed by atoms with E-state index in [2.05, 4.69) is 64.6 Å². The predicted molar refractivity (Wildman–Crippen MR) is 245 cm³/mol. The zero-order valence-electron chi connectivity index (χ0n) is 39.1. The number of phenolic OH excluding ortho intramolecular Hbond substituents is 1. The number of benzene rings is 2. The van der Waals surface area contributed by atoms with Crippen molar-refractivity contribution in [1.29, 1.82) is 0 Å². The van der Waals surface area contributed by atoms with Crippen molar-refractivity contribution in [2.75, 3.05) is 47.4 Å². The normalized spacial score (nSPS) is 21.8. The molecule has 5 heterocycles. The summed E-state index contributed by atoms with van der Waals surface area (Å²) in [4.78, 5) is 58.3. The molecule has 17 heteroatoms. The molecule has 2 amide bonds. The number of cyclic esters (lactones) is 1. The predicted octanol–water partition coefficient (Wildman–Crippen LogP) is 6.06. The minimum Gasteiger partial charge on any atom is -0.508 e. The van der Waals surface area contributed by atoms with Crippen LogP contribution in [0.4, 0.5) is 13.2 Å². The second-order valence-electron chi connectivity index (χ2n) is 18.9. The van der Waals surface area contributed by atoms with Crippen molar-refractivity contribution in [3.05, 3.63) is 71.5 Å². The highest BCUT2D eigenvalue weighted by Crippen LogP contribution is 2.41. The van der Waals surface area contributed by atoms with Gasteiger partial charge in [-0.05, 0) is 104 Å². The second kappa shape index (κ2) is 21.1. The smallest absolute Gasteiger partial charge is 0.393 e. The number of nitrogens with zero attached hydrogens (tertiary/aromatic N) is 4. The number of alkyl halides is 3. The molecule has 0 saturated carbocycles. The number of nitrogens with one attached hydrogen (secondary N) is 3. The molecule has 2 fully saturated rings. The van der Waals surface area contributed by atoms with Crippen molar-refractivity contribution in [3.8, 4) is 28.1 Å². The number of methoxy groups -OCH3 is 1. The lowest BCUT2D eigenvalue weighted by Crippen LogP contribution is -2.61. The van der Waals surface area contributed by atoms with Gasteiger partial charge in [-0.15, -0.1) is 0 Å². The highest BCUT2D eigenvalue weighted by molar-refractivity contribution is 5.95. The van der Waals surface area contributed by atoms with Gasteiger partial charge >= 0.3 is 12.1 Å². The zero-order valence-corrected chi connectivity index (χ0v) is 39.1. The first-order valence-corrected chi connectivity index (χ1v) is 22.6. The zero-order chi connectivity index (χ0) is 48.1. The van der Waals surface area contributed by atoms with E-state index in [1.807, 2.05) is 51.2 Å². The molecule has 2 saturated heterocycles. The Morgan fingerprint density at radius 1 is 1.12 bits per heavy atom. The van der Waals surface area contributed by atoms with Crippen LogP contribution in [-0.4, -0.2) is 120 Å². The molecule has 4 aromatic rings. The van der Waals surface area contributed by atoms with E-state index in [0.29, 0.717) is 50.8 Å². The Kier molecular flexibility index (Phi) is 16.0. The van der Waals surface area contributed by atoms with E-state index in [9.17, 15) is 37.5 Å². The number of hydrogen-bond acceptors (Lipinski definition) is 11. The van der Waals surface area contributed by atoms with Gasteiger partial charge in [-0.3, -0.25) is 29.3 Å². The van der Waals surface area contributed by atoms with E-state index in [0.717, 1.165) is 44.4 Å². The Morgan fingerprint density at radius 3 is 2.53 bits per heavy atom. The Labute approximate surface area is 384 Å². The van der Waals surface area contributed by atoms with Gasteiger partial charge in [0.15, 0.2) is 0 Å². The van der Waals surface area contributed by atoms with E-state index in [-0.39, 0.29) is 49.6 Å². The molecule has 358 valence electrons. The highest BCUT2D eigenvalue weighted by Gasteiger charge is 2.47. The number of hydrogen-bond donors (Lipinski definition) is 4. The van der Waals surface area contributed by atoms with Crippen LogP contribution in [-0.2, 0) is 54.6 Å². The number of aromatic nitrogens is 2. The maximum absolute atomic E-state index is 14.3. The number of aromatic hydroxyl groups is 1. The van der Waals surface area contributed by atoms with Crippen LogP contribution >= 0.6 is 0 Å². The van der Waals surface area contributed by atoms with Crippen molar-refractivity contribution in [2.24, 2.45) is 23.2 Å². The Balaban J connectivity index is 0.000000574. The summed E-state index contributed by atoms with van der Waals surface area (Å²) in [6.45, 7) is 11.9. The molecule has 5 atom stereocenters. The number of amides is 2. The van der Waals surface area contributed by atoms with Gasteiger partial charge in [-0.1, -0.05) is 39.8 Å². The SMILES string of the molecule is CCn1c(-c2cnccc2COC)c2c3cc(ccc31)-c1cc(O)cc(c1)CC(NC(=O)C(C(C)C)N(C)C)C(=O)N1CCC[C@H](N1)C(=O)OCC(C)(C)C2.O=CC1CNCC1C(F)(F)F. The third kappa shape index (κ3) is 11.4. The summed E-state index contributed by atoms with van der Waals surface area (Å²) in [7, 11) is 5.37. The van der Waals surface area contributed by atoms with Gasteiger partial charge in [-0.25, -0.2) is 5.43 Å². The first kappa shape index (κ1) is 50.1. The highest BCUT2D eigenvalue weighted by atomic mass is 19.4. The molecule has 6 bridgehead atoms. The number of fused-ring (bicyclic) bond motifs is 6. The molecule has 14 nitrogen and oxygen atoms in total. The molecule has 2 aromatic heterocycles. The number of aryl methyl sites for hydroxylation is 1. The fourth-order valence-electron chi connectivity index (χ4n) is 9.52. The van der Waals surface area contributed by atoms with Crippen LogP contribution in [0, 0.1) is 23.2 Å². The lowest BCUT2D eigenvalue weighted by Gasteiger charge is -2.36. The summed E-state index contributed by atoms with van der Waals surface area (Å²) >= 11 is 0. The molecule has 3 aliphatic rings. The summed E-state index contributed by atoms with van der Waals surface area (Å²) in [5, 5.41) is 19.2. The van der Waals surface area contributed by atoms with E-state index < -0.39 is 47.5 Å². The number of rotatable bonds is 9.